The van der Waals surface area contributed by atoms with E-state index in [-0.39, 0.29) is 24.8 Å². The van der Waals surface area contributed by atoms with E-state index in [4.69, 9.17) is 36.1 Å². The number of halogens is 1. The third-order valence-corrected chi connectivity index (χ3v) is 8.51. The first-order chi connectivity index (χ1) is 18.5. The van der Waals surface area contributed by atoms with Crippen molar-refractivity contribution in [3.63, 3.8) is 0 Å². The molecule has 1 fully saturated rings. The van der Waals surface area contributed by atoms with Crippen molar-refractivity contribution >= 4 is 47.3 Å². The molecule has 6 atom stereocenters. The van der Waals surface area contributed by atoms with Gasteiger partial charge in [-0.1, -0.05) is 18.2 Å². The van der Waals surface area contributed by atoms with Crippen LogP contribution in [0.3, 0.4) is 0 Å². The Morgan fingerprint density at radius 2 is 2.10 bits per heavy atom. The summed E-state index contributed by atoms with van der Waals surface area (Å²) < 4.78 is 40.2. The molecule has 212 valence electrons. The van der Waals surface area contributed by atoms with Crippen LogP contribution in [0, 0.1) is 0 Å². The highest BCUT2D eigenvalue weighted by Gasteiger charge is 2.55. The van der Waals surface area contributed by atoms with Crippen molar-refractivity contribution in [3.05, 3.63) is 36.7 Å². The molecule has 3 aromatic rings. The number of hydrogen-bond donors (Lipinski definition) is 4. The number of aliphatic hydroxyl groups is 1. The topological polar surface area (TPSA) is 168 Å². The number of carbonyl (C=O) groups excluding carboxylic acids is 1. The van der Waals surface area contributed by atoms with E-state index in [9.17, 15) is 9.90 Å². The van der Waals surface area contributed by atoms with E-state index >= 15 is 4.39 Å². The molecule has 1 aliphatic rings. The first kappa shape index (κ1) is 29.1. The molecule has 0 saturated carbocycles. The minimum Gasteiger partial charge on any atom is -0.465 e. The van der Waals surface area contributed by atoms with Gasteiger partial charge in [0.15, 0.2) is 28.9 Å². The molecule has 0 aliphatic carbocycles. The maximum absolute atomic E-state index is 16.0. The Morgan fingerprint density at radius 3 is 2.77 bits per heavy atom. The van der Waals surface area contributed by atoms with Crippen LogP contribution < -0.4 is 20.7 Å². The zero-order valence-electron chi connectivity index (χ0n) is 21.8. The number of aromatic nitrogens is 4. The summed E-state index contributed by atoms with van der Waals surface area (Å²) in [6.45, 7) is 0.851. The van der Waals surface area contributed by atoms with Crippen LogP contribution in [0.15, 0.2) is 36.7 Å². The fourth-order valence-electron chi connectivity index (χ4n) is 4.07. The standard InChI is InChI=1S/C23H31FN7O6PS/c1-5-34-20(33)13(2)30-38(39,37-14-9-7-6-8-10-14)35-11-15-17(32)23(3,24)21(36-15)31-12-27-16-18(26-4)28-22(25)29-19(16)31/h6-10,12-13,15,17,21,32H,5,11H2,1-4H3,(H,30,39)(H3,25,26,28,29)/t13-,15?,17+,21+,23+,38?/m0/s1. The second-order valence-electron chi connectivity index (χ2n) is 8.93. The second-order valence-corrected chi connectivity index (χ2v) is 12.1. The largest absolute Gasteiger partial charge is 0.465 e. The second kappa shape index (κ2) is 11.7. The molecule has 13 nitrogen and oxygen atoms in total. The number of aliphatic hydroxyl groups excluding tert-OH is 1. The molecule has 2 unspecified atom stereocenters. The van der Waals surface area contributed by atoms with Crippen LogP contribution in [-0.4, -0.2) is 74.8 Å². The number of nitrogens with two attached hydrogens (primary N) is 1. The molecule has 2 aromatic heterocycles. The van der Waals surface area contributed by atoms with Crippen LogP contribution in [0.4, 0.5) is 16.2 Å². The van der Waals surface area contributed by atoms with Crippen LogP contribution in [-0.2, 0) is 30.6 Å². The van der Waals surface area contributed by atoms with Crippen LogP contribution in [0.1, 0.15) is 27.0 Å². The lowest BCUT2D eigenvalue weighted by Crippen LogP contribution is -2.41. The number of ether oxygens (including phenoxy) is 2. The summed E-state index contributed by atoms with van der Waals surface area (Å²) in [6.07, 6.45) is -2.77. The summed E-state index contributed by atoms with van der Waals surface area (Å²) in [5.74, 6) is 0.159. The van der Waals surface area contributed by atoms with Crippen molar-refractivity contribution in [3.8, 4) is 5.75 Å². The van der Waals surface area contributed by atoms with Crippen molar-refractivity contribution in [2.45, 2.75) is 50.9 Å². The molecular weight excluding hydrogens is 552 g/mol. The molecule has 0 spiro atoms. The van der Waals surface area contributed by atoms with Gasteiger partial charge in [-0.25, -0.2) is 14.5 Å². The van der Waals surface area contributed by atoms with E-state index in [0.717, 1.165) is 0 Å². The van der Waals surface area contributed by atoms with Gasteiger partial charge in [0.25, 0.3) is 0 Å². The fraction of sp³-hybridized carbons (Fsp3) is 0.478. The van der Waals surface area contributed by atoms with Gasteiger partial charge in [0.2, 0.25) is 5.95 Å². The molecule has 39 heavy (non-hydrogen) atoms. The summed E-state index contributed by atoms with van der Waals surface area (Å²) in [6, 6.07) is 7.78. The van der Waals surface area contributed by atoms with Crippen LogP contribution in [0.2, 0.25) is 0 Å². The van der Waals surface area contributed by atoms with Crippen LogP contribution >= 0.6 is 6.64 Å². The van der Waals surface area contributed by atoms with Gasteiger partial charge >= 0.3 is 12.6 Å². The number of nitrogens with one attached hydrogen (secondary N) is 2. The number of esters is 1. The predicted octanol–water partition coefficient (Wildman–Crippen LogP) is 2.30. The number of para-hydroxylation sites is 1. The Morgan fingerprint density at radius 1 is 1.38 bits per heavy atom. The zero-order chi connectivity index (χ0) is 28.4. The fourth-order valence-corrected chi connectivity index (χ4v) is 6.49. The molecular formula is C23H31FN7O6PS. The Hall–Kier alpha value is -2.94. The number of nitrogen functional groups attached to an aromatic ring is 1. The van der Waals surface area contributed by atoms with Gasteiger partial charge in [0.05, 0.1) is 19.5 Å². The van der Waals surface area contributed by atoms with Gasteiger partial charge in [-0.05, 0) is 44.7 Å². The number of rotatable bonds is 11. The first-order valence-corrected chi connectivity index (χ1v) is 14.8. The van der Waals surface area contributed by atoms with Gasteiger partial charge in [-0.15, -0.1) is 0 Å². The lowest BCUT2D eigenvalue weighted by Gasteiger charge is -2.28. The number of alkyl halides is 1. The monoisotopic (exact) mass is 583 g/mol. The summed E-state index contributed by atoms with van der Waals surface area (Å²) in [4.78, 5) is 24.8. The number of imidazole rings is 1. The Balaban J connectivity index is 1.57. The van der Waals surface area contributed by atoms with E-state index in [0.29, 0.717) is 17.1 Å². The quantitative estimate of drug-likeness (QED) is 0.192. The Labute approximate surface area is 229 Å². The third-order valence-electron chi connectivity index (χ3n) is 6.01. The zero-order valence-corrected chi connectivity index (χ0v) is 23.5. The van der Waals surface area contributed by atoms with Crippen molar-refractivity contribution in [1.82, 2.24) is 24.6 Å². The normalized spacial score (nSPS) is 25.2. The number of carbonyl (C=O) groups is 1. The number of benzene rings is 1. The molecule has 0 radical (unpaired) electrons. The first-order valence-electron chi connectivity index (χ1n) is 12.1. The highest BCUT2D eigenvalue weighted by atomic mass is 32.5. The Kier molecular flexibility index (Phi) is 8.69. The van der Waals surface area contributed by atoms with Crippen molar-refractivity contribution in [2.75, 3.05) is 31.3 Å². The maximum atomic E-state index is 16.0. The van der Waals surface area contributed by atoms with Crippen molar-refractivity contribution in [1.29, 1.82) is 0 Å². The van der Waals surface area contributed by atoms with E-state index in [2.05, 4.69) is 25.4 Å². The lowest BCUT2D eigenvalue weighted by molar-refractivity contribution is -0.144. The van der Waals surface area contributed by atoms with Gasteiger partial charge in [-0.3, -0.25) is 9.36 Å². The SMILES string of the molecule is CCOC(=O)[C@H](C)NP(=S)(OCC1O[C@@H](n2cnc3c(NC)nc(N)nc32)[C@](C)(F)[C@@H]1O)Oc1ccccc1. The summed E-state index contributed by atoms with van der Waals surface area (Å²) in [5.41, 5.74) is 4.11. The number of anilines is 2. The van der Waals surface area contributed by atoms with Crippen molar-refractivity contribution in [2.24, 2.45) is 0 Å². The highest BCUT2D eigenvalue weighted by molar-refractivity contribution is 8.09. The molecule has 0 amide bonds. The molecule has 5 N–H and O–H groups in total. The van der Waals surface area contributed by atoms with Gasteiger partial charge in [-0.2, -0.15) is 9.97 Å². The van der Waals surface area contributed by atoms with Crippen molar-refractivity contribution < 1.29 is 32.8 Å². The molecule has 0 bridgehead atoms. The average Bonchev–Trinajstić information content (AvgIpc) is 3.40. The molecule has 1 aliphatic heterocycles. The van der Waals surface area contributed by atoms with E-state index in [1.54, 1.807) is 51.2 Å². The molecule has 1 aromatic carbocycles. The smallest absolute Gasteiger partial charge is 0.323 e. The van der Waals surface area contributed by atoms with E-state index < -0.39 is 42.8 Å². The third kappa shape index (κ3) is 6.13. The molecule has 4 rings (SSSR count). The predicted molar refractivity (Wildman–Crippen MR) is 145 cm³/mol. The van der Waals surface area contributed by atoms with Crippen LogP contribution in [0.25, 0.3) is 11.2 Å². The highest BCUT2D eigenvalue weighted by Crippen LogP contribution is 2.48. The van der Waals surface area contributed by atoms with Crippen LogP contribution in [0.5, 0.6) is 5.75 Å². The minimum atomic E-state index is -3.43. The minimum absolute atomic E-state index is 0.0480. The maximum Gasteiger partial charge on any atom is 0.323 e. The molecule has 16 heteroatoms. The number of fused-ring (bicyclic) bond motifs is 1. The number of nitrogens with zero attached hydrogens (tertiary/aromatic N) is 4. The summed E-state index contributed by atoms with van der Waals surface area (Å²) >= 11 is 5.67. The summed E-state index contributed by atoms with van der Waals surface area (Å²) in [7, 11) is 1.64. The molecule has 1 saturated heterocycles. The van der Waals surface area contributed by atoms with E-state index in [1.165, 1.54) is 17.8 Å². The lowest BCUT2D eigenvalue weighted by atomic mass is 9.98. The van der Waals surface area contributed by atoms with E-state index in [1.807, 2.05) is 0 Å². The number of hydrogen-bond acceptors (Lipinski definition) is 12. The van der Waals surface area contributed by atoms with Gasteiger partial charge < -0.3 is 34.7 Å². The molecule has 3 heterocycles. The average molecular weight is 584 g/mol. The summed E-state index contributed by atoms with van der Waals surface area (Å²) in [5, 5.41) is 16.7. The van der Waals surface area contributed by atoms with Gasteiger partial charge in [0.1, 0.15) is 24.0 Å². The van der Waals surface area contributed by atoms with Gasteiger partial charge in [0, 0.05) is 7.05 Å². The Bertz CT molecular complexity index is 1360.